The average Bonchev–Trinajstić information content (AvgIpc) is 3.39. The van der Waals surface area contributed by atoms with Gasteiger partial charge in [-0.15, -0.1) is 12.4 Å². The van der Waals surface area contributed by atoms with E-state index in [2.05, 4.69) is 93.8 Å². The van der Waals surface area contributed by atoms with Crippen LogP contribution in [-0.4, -0.2) is 47.7 Å². The summed E-state index contributed by atoms with van der Waals surface area (Å²) in [5, 5.41) is 4.24. The average molecular weight is 488 g/mol. The number of nitrogens with zero attached hydrogens (tertiary/aromatic N) is 3. The van der Waals surface area contributed by atoms with Gasteiger partial charge in [0.15, 0.2) is 0 Å². The van der Waals surface area contributed by atoms with Crippen molar-refractivity contribution < 1.29 is 4.52 Å². The highest BCUT2D eigenvalue weighted by Crippen LogP contribution is 2.29. The molecule has 0 unspecified atom stereocenters. The van der Waals surface area contributed by atoms with Gasteiger partial charge >= 0.3 is 0 Å². The zero-order valence-electron chi connectivity index (χ0n) is 20.1. The standard InChI is InChI=1S/C30H33N3O.ClH/c1-4-12-25(13-5-1)29-24-28(34-31-29)18-10-11-19-32-20-22-33(23-21-32)30(26-14-6-2-7-15-26)27-16-8-3-9-17-27;/h1-9,12-17,24,30H,10-11,18-23H2;1H. The molecule has 182 valence electrons. The van der Waals surface area contributed by atoms with Crippen LogP contribution in [-0.2, 0) is 6.42 Å². The Morgan fingerprint density at radius 3 is 1.89 bits per heavy atom. The monoisotopic (exact) mass is 487 g/mol. The molecule has 4 aromatic rings. The number of unbranched alkanes of at least 4 members (excludes halogenated alkanes) is 1. The number of hydrogen-bond donors (Lipinski definition) is 0. The summed E-state index contributed by atoms with van der Waals surface area (Å²) in [5.74, 6) is 0.984. The number of aryl methyl sites for hydroxylation is 1. The molecule has 0 bridgehead atoms. The largest absolute Gasteiger partial charge is 0.361 e. The molecule has 5 heteroatoms. The molecule has 35 heavy (non-hydrogen) atoms. The quantitative estimate of drug-likeness (QED) is 0.252. The zero-order chi connectivity index (χ0) is 23.0. The van der Waals surface area contributed by atoms with E-state index >= 15 is 0 Å². The third kappa shape index (κ3) is 6.61. The Kier molecular flexibility index (Phi) is 9.13. The van der Waals surface area contributed by atoms with Gasteiger partial charge in [-0.2, -0.15) is 0 Å². The molecule has 1 aromatic heterocycles. The Hall–Kier alpha value is -2.92. The fourth-order valence-corrected chi connectivity index (χ4v) is 4.94. The first kappa shape index (κ1) is 25.2. The summed E-state index contributed by atoms with van der Waals surface area (Å²) < 4.78 is 5.57. The summed E-state index contributed by atoms with van der Waals surface area (Å²) in [4.78, 5) is 5.25. The van der Waals surface area contributed by atoms with E-state index < -0.39 is 0 Å². The van der Waals surface area contributed by atoms with E-state index in [-0.39, 0.29) is 12.4 Å². The van der Waals surface area contributed by atoms with Gasteiger partial charge in [-0.1, -0.05) is 96.2 Å². The summed E-state index contributed by atoms with van der Waals surface area (Å²) in [6.07, 6.45) is 3.26. The third-order valence-corrected chi connectivity index (χ3v) is 6.78. The molecule has 0 radical (unpaired) electrons. The minimum atomic E-state index is 0. The summed E-state index contributed by atoms with van der Waals surface area (Å²) in [7, 11) is 0. The van der Waals surface area contributed by atoms with Crippen LogP contribution in [0.5, 0.6) is 0 Å². The van der Waals surface area contributed by atoms with Crippen molar-refractivity contribution in [3.63, 3.8) is 0 Å². The molecule has 1 fully saturated rings. The summed E-state index contributed by atoms with van der Waals surface area (Å²) in [6.45, 7) is 5.58. The fourth-order valence-electron chi connectivity index (χ4n) is 4.94. The number of aromatic nitrogens is 1. The molecule has 1 saturated heterocycles. The van der Waals surface area contributed by atoms with Gasteiger partial charge in [0.05, 0.1) is 6.04 Å². The van der Waals surface area contributed by atoms with Crippen LogP contribution >= 0.6 is 12.4 Å². The summed E-state index contributed by atoms with van der Waals surface area (Å²) in [5.41, 5.74) is 4.80. The van der Waals surface area contributed by atoms with Crippen molar-refractivity contribution in [2.75, 3.05) is 32.7 Å². The molecule has 0 N–H and O–H groups in total. The highest BCUT2D eigenvalue weighted by atomic mass is 35.5. The maximum Gasteiger partial charge on any atom is 0.137 e. The van der Waals surface area contributed by atoms with Crippen molar-refractivity contribution in [1.82, 2.24) is 15.0 Å². The highest BCUT2D eigenvalue weighted by Gasteiger charge is 2.26. The maximum atomic E-state index is 5.57. The van der Waals surface area contributed by atoms with E-state index in [1.807, 2.05) is 18.2 Å². The molecule has 0 atom stereocenters. The Labute approximate surface area is 215 Å². The molecule has 2 heterocycles. The molecule has 0 amide bonds. The summed E-state index contributed by atoms with van der Waals surface area (Å²) >= 11 is 0. The van der Waals surface area contributed by atoms with Crippen molar-refractivity contribution in [3.8, 4) is 11.3 Å². The van der Waals surface area contributed by atoms with E-state index in [9.17, 15) is 0 Å². The van der Waals surface area contributed by atoms with Crippen LogP contribution in [0.3, 0.4) is 0 Å². The molecule has 0 saturated carbocycles. The predicted octanol–water partition coefficient (Wildman–Crippen LogP) is 6.49. The Balaban J connectivity index is 0.00000289. The molecule has 0 aliphatic carbocycles. The predicted molar refractivity (Wildman–Crippen MR) is 145 cm³/mol. The number of benzene rings is 3. The maximum absolute atomic E-state index is 5.57. The lowest BCUT2D eigenvalue weighted by atomic mass is 9.96. The van der Waals surface area contributed by atoms with E-state index in [0.717, 1.165) is 62.6 Å². The fraction of sp³-hybridized carbons (Fsp3) is 0.300. The van der Waals surface area contributed by atoms with Crippen molar-refractivity contribution in [2.24, 2.45) is 0 Å². The van der Waals surface area contributed by atoms with Crippen molar-refractivity contribution in [1.29, 1.82) is 0 Å². The molecule has 4 nitrogen and oxygen atoms in total. The van der Waals surface area contributed by atoms with Gasteiger partial charge in [-0.3, -0.25) is 4.90 Å². The van der Waals surface area contributed by atoms with E-state index in [1.165, 1.54) is 17.5 Å². The van der Waals surface area contributed by atoms with Crippen LogP contribution in [0.4, 0.5) is 0 Å². The topological polar surface area (TPSA) is 32.5 Å². The van der Waals surface area contributed by atoms with Crippen molar-refractivity contribution in [3.05, 3.63) is 114 Å². The van der Waals surface area contributed by atoms with Gasteiger partial charge < -0.3 is 9.42 Å². The molecule has 1 aliphatic rings. The number of piperazine rings is 1. The van der Waals surface area contributed by atoms with Crippen LogP contribution in [0.15, 0.2) is 102 Å². The molecule has 3 aromatic carbocycles. The first-order valence-corrected chi connectivity index (χ1v) is 12.4. The third-order valence-electron chi connectivity index (χ3n) is 6.78. The van der Waals surface area contributed by atoms with Crippen LogP contribution in [0.1, 0.15) is 35.8 Å². The van der Waals surface area contributed by atoms with Crippen LogP contribution in [0, 0.1) is 0 Å². The molecule has 5 rings (SSSR count). The van der Waals surface area contributed by atoms with E-state index in [4.69, 9.17) is 4.52 Å². The normalized spacial score (nSPS) is 14.7. The minimum Gasteiger partial charge on any atom is -0.361 e. The second-order valence-electron chi connectivity index (χ2n) is 9.10. The molecule has 1 aliphatic heterocycles. The molecule has 0 spiro atoms. The Bertz CT molecular complexity index is 1090. The van der Waals surface area contributed by atoms with E-state index in [0.29, 0.717) is 6.04 Å². The van der Waals surface area contributed by atoms with Crippen LogP contribution in [0.2, 0.25) is 0 Å². The lowest BCUT2D eigenvalue weighted by Gasteiger charge is -2.39. The van der Waals surface area contributed by atoms with Crippen LogP contribution in [0.25, 0.3) is 11.3 Å². The van der Waals surface area contributed by atoms with Gasteiger partial charge in [0.1, 0.15) is 11.5 Å². The van der Waals surface area contributed by atoms with Gasteiger partial charge in [0.2, 0.25) is 0 Å². The van der Waals surface area contributed by atoms with E-state index in [1.54, 1.807) is 0 Å². The number of rotatable bonds is 9. The van der Waals surface area contributed by atoms with Crippen molar-refractivity contribution >= 4 is 12.4 Å². The first-order valence-electron chi connectivity index (χ1n) is 12.4. The number of hydrogen-bond acceptors (Lipinski definition) is 4. The lowest BCUT2D eigenvalue weighted by Crippen LogP contribution is -2.48. The first-order chi connectivity index (χ1) is 16.9. The molecular formula is C30H34ClN3O. The molecular weight excluding hydrogens is 454 g/mol. The van der Waals surface area contributed by atoms with Gasteiger partial charge in [0, 0.05) is 44.2 Å². The Morgan fingerprint density at radius 1 is 0.714 bits per heavy atom. The SMILES string of the molecule is Cl.c1ccc(-c2cc(CCCCN3CCN(C(c4ccccc4)c4ccccc4)CC3)on2)cc1. The lowest BCUT2D eigenvalue weighted by molar-refractivity contribution is 0.108. The second-order valence-corrected chi connectivity index (χ2v) is 9.10. The minimum absolute atomic E-state index is 0. The second kappa shape index (κ2) is 12.7. The number of halogens is 1. The Morgan fingerprint density at radius 2 is 1.29 bits per heavy atom. The highest BCUT2D eigenvalue weighted by molar-refractivity contribution is 5.85. The van der Waals surface area contributed by atoms with Gasteiger partial charge in [-0.25, -0.2) is 0 Å². The zero-order valence-corrected chi connectivity index (χ0v) is 20.9. The van der Waals surface area contributed by atoms with Gasteiger partial charge in [-0.05, 0) is 30.5 Å². The van der Waals surface area contributed by atoms with Gasteiger partial charge in [0.25, 0.3) is 0 Å². The summed E-state index contributed by atoms with van der Waals surface area (Å²) in [6, 6.07) is 34.5. The smallest absolute Gasteiger partial charge is 0.137 e. The van der Waals surface area contributed by atoms with Crippen molar-refractivity contribution in [2.45, 2.75) is 25.3 Å². The van der Waals surface area contributed by atoms with Crippen LogP contribution < -0.4 is 0 Å².